The number of rotatable bonds is 4. The Labute approximate surface area is 137 Å². The van der Waals surface area contributed by atoms with E-state index in [9.17, 15) is 9.59 Å². The van der Waals surface area contributed by atoms with Crippen LogP contribution in [-0.4, -0.2) is 17.0 Å². The van der Waals surface area contributed by atoms with E-state index in [2.05, 4.69) is 37.2 Å². The molecular formula is C14H11Br2NO4. The van der Waals surface area contributed by atoms with E-state index in [0.29, 0.717) is 21.6 Å². The van der Waals surface area contributed by atoms with Gasteiger partial charge in [-0.05, 0) is 47.1 Å². The van der Waals surface area contributed by atoms with Gasteiger partial charge in [0.1, 0.15) is 17.1 Å². The van der Waals surface area contributed by atoms with Crippen LogP contribution in [0.15, 0.2) is 37.6 Å². The number of carboxylic acid groups (broad SMARTS) is 1. The summed E-state index contributed by atoms with van der Waals surface area (Å²) in [5, 5.41) is 11.6. The van der Waals surface area contributed by atoms with Crippen LogP contribution >= 0.6 is 31.9 Å². The number of benzene rings is 1. The minimum atomic E-state index is -1.05. The van der Waals surface area contributed by atoms with Crippen molar-refractivity contribution in [2.75, 3.05) is 0 Å². The van der Waals surface area contributed by atoms with Gasteiger partial charge < -0.3 is 14.8 Å². The second-order valence-corrected chi connectivity index (χ2v) is 6.06. The van der Waals surface area contributed by atoms with Gasteiger partial charge in [-0.15, -0.1) is 0 Å². The fourth-order valence-corrected chi connectivity index (χ4v) is 2.57. The second-order valence-electron chi connectivity index (χ2n) is 4.29. The van der Waals surface area contributed by atoms with Crippen LogP contribution in [0.25, 0.3) is 0 Å². The summed E-state index contributed by atoms with van der Waals surface area (Å²) in [6.45, 7) is 1.69. The normalized spacial score (nSPS) is 10.4. The molecule has 21 heavy (non-hydrogen) atoms. The molecule has 1 amide bonds. The predicted molar refractivity (Wildman–Crippen MR) is 83.4 cm³/mol. The molecule has 0 aliphatic carbocycles. The minimum Gasteiger partial charge on any atom is -0.478 e. The van der Waals surface area contributed by atoms with E-state index < -0.39 is 5.97 Å². The Morgan fingerprint density at radius 3 is 2.57 bits per heavy atom. The van der Waals surface area contributed by atoms with Gasteiger partial charge >= 0.3 is 5.97 Å². The number of amides is 1. The number of halogens is 2. The van der Waals surface area contributed by atoms with E-state index in [0.717, 1.165) is 4.47 Å². The molecule has 0 saturated carbocycles. The molecule has 2 aromatic rings. The molecule has 1 aromatic heterocycles. The molecule has 0 spiro atoms. The highest BCUT2D eigenvalue weighted by Crippen LogP contribution is 2.21. The van der Waals surface area contributed by atoms with Crippen molar-refractivity contribution in [1.29, 1.82) is 0 Å². The summed E-state index contributed by atoms with van der Waals surface area (Å²) in [5.41, 5.74) is 0.578. The van der Waals surface area contributed by atoms with Crippen LogP contribution in [0.2, 0.25) is 0 Å². The number of carbonyl (C=O) groups excluding carboxylic acids is 1. The van der Waals surface area contributed by atoms with E-state index >= 15 is 0 Å². The first-order valence-electron chi connectivity index (χ1n) is 5.94. The van der Waals surface area contributed by atoms with Crippen LogP contribution < -0.4 is 5.32 Å². The fraction of sp³-hybridized carbons (Fsp3) is 0.143. The van der Waals surface area contributed by atoms with Crippen LogP contribution in [0.3, 0.4) is 0 Å². The van der Waals surface area contributed by atoms with Gasteiger partial charge in [-0.2, -0.15) is 0 Å². The number of carboxylic acids is 1. The second kappa shape index (κ2) is 6.44. The maximum absolute atomic E-state index is 12.1. The van der Waals surface area contributed by atoms with Crippen LogP contribution in [0.4, 0.5) is 0 Å². The number of aromatic carboxylic acids is 1. The molecule has 0 aliphatic rings. The van der Waals surface area contributed by atoms with Crippen molar-refractivity contribution in [1.82, 2.24) is 5.32 Å². The molecule has 5 nitrogen and oxygen atoms in total. The zero-order valence-electron chi connectivity index (χ0n) is 10.9. The molecule has 0 radical (unpaired) electrons. The van der Waals surface area contributed by atoms with Gasteiger partial charge in [0, 0.05) is 8.95 Å². The Hall–Kier alpha value is -1.60. The lowest BCUT2D eigenvalue weighted by atomic mass is 10.2. The number of aryl methyl sites for hydroxylation is 1. The maximum Gasteiger partial charge on any atom is 0.339 e. The Morgan fingerprint density at radius 1 is 1.24 bits per heavy atom. The molecule has 2 rings (SSSR count). The van der Waals surface area contributed by atoms with Gasteiger partial charge in [0.25, 0.3) is 5.91 Å². The Balaban J connectivity index is 2.09. The zero-order valence-corrected chi connectivity index (χ0v) is 14.1. The van der Waals surface area contributed by atoms with Crippen molar-refractivity contribution < 1.29 is 19.1 Å². The summed E-state index contributed by atoms with van der Waals surface area (Å²) >= 11 is 6.61. The number of carbonyl (C=O) groups is 2. The van der Waals surface area contributed by atoms with Crippen LogP contribution in [0.1, 0.15) is 32.2 Å². The van der Waals surface area contributed by atoms with Crippen molar-refractivity contribution in [3.8, 4) is 0 Å². The lowest BCUT2D eigenvalue weighted by Crippen LogP contribution is -2.23. The molecule has 0 aliphatic heterocycles. The highest BCUT2D eigenvalue weighted by atomic mass is 79.9. The molecule has 0 saturated heterocycles. The molecule has 0 fully saturated rings. The molecule has 2 N–H and O–H groups in total. The first kappa shape index (κ1) is 15.8. The SMILES string of the molecule is Cc1oc(CNC(=O)c2cc(Br)ccc2Br)cc1C(=O)O. The lowest BCUT2D eigenvalue weighted by Gasteiger charge is -2.06. The monoisotopic (exact) mass is 415 g/mol. The first-order valence-corrected chi connectivity index (χ1v) is 7.53. The van der Waals surface area contributed by atoms with Crippen molar-refractivity contribution in [3.63, 3.8) is 0 Å². The van der Waals surface area contributed by atoms with Crippen LogP contribution in [-0.2, 0) is 6.54 Å². The molecule has 7 heteroatoms. The summed E-state index contributed by atoms with van der Waals surface area (Å²) in [6.07, 6.45) is 0. The van der Waals surface area contributed by atoms with Crippen molar-refractivity contribution in [2.24, 2.45) is 0 Å². The van der Waals surface area contributed by atoms with E-state index in [1.165, 1.54) is 6.07 Å². The van der Waals surface area contributed by atoms with Crippen molar-refractivity contribution in [3.05, 3.63) is 55.9 Å². The van der Waals surface area contributed by atoms with Crippen LogP contribution in [0.5, 0.6) is 0 Å². The zero-order chi connectivity index (χ0) is 15.6. The number of nitrogens with one attached hydrogen (secondary N) is 1. The van der Waals surface area contributed by atoms with E-state index in [4.69, 9.17) is 9.52 Å². The molecule has 1 heterocycles. The van der Waals surface area contributed by atoms with E-state index in [-0.39, 0.29) is 18.0 Å². The molecule has 110 valence electrons. The summed E-state index contributed by atoms with van der Waals surface area (Å²) < 4.78 is 6.76. The smallest absolute Gasteiger partial charge is 0.339 e. The quantitative estimate of drug-likeness (QED) is 0.795. The van der Waals surface area contributed by atoms with E-state index in [1.54, 1.807) is 19.1 Å². The van der Waals surface area contributed by atoms with Crippen molar-refractivity contribution in [2.45, 2.75) is 13.5 Å². The van der Waals surface area contributed by atoms with Gasteiger partial charge in [0.2, 0.25) is 0 Å². The average molecular weight is 417 g/mol. The molecule has 1 aromatic carbocycles. The lowest BCUT2D eigenvalue weighted by molar-refractivity contribution is 0.0694. The van der Waals surface area contributed by atoms with Crippen molar-refractivity contribution >= 4 is 43.7 Å². The molecule has 0 bridgehead atoms. The summed E-state index contributed by atoms with van der Waals surface area (Å²) in [4.78, 5) is 23.0. The Kier molecular flexibility index (Phi) is 4.84. The third-order valence-corrected chi connectivity index (χ3v) is 3.98. The van der Waals surface area contributed by atoms with Gasteiger partial charge in [0.15, 0.2) is 0 Å². The van der Waals surface area contributed by atoms with Gasteiger partial charge in [-0.3, -0.25) is 4.79 Å². The maximum atomic E-state index is 12.1. The number of hydrogen-bond donors (Lipinski definition) is 2. The molecule has 0 unspecified atom stereocenters. The Morgan fingerprint density at radius 2 is 1.95 bits per heavy atom. The predicted octanol–water partition coefficient (Wildman–Crippen LogP) is 3.74. The summed E-state index contributed by atoms with van der Waals surface area (Å²) in [7, 11) is 0. The summed E-state index contributed by atoms with van der Waals surface area (Å²) in [6, 6.07) is 6.68. The standard InChI is InChI=1S/C14H11Br2NO4/c1-7-10(14(19)20)5-9(21-7)6-17-13(18)11-4-8(15)2-3-12(11)16/h2-5H,6H2,1H3,(H,17,18)(H,19,20). The van der Waals surface area contributed by atoms with E-state index in [1.807, 2.05) is 6.07 Å². The fourth-order valence-electron chi connectivity index (χ4n) is 1.78. The van der Waals surface area contributed by atoms with Gasteiger partial charge in [0.05, 0.1) is 12.1 Å². The molecule has 0 atom stereocenters. The average Bonchev–Trinajstić information content (AvgIpc) is 2.80. The first-order chi connectivity index (χ1) is 9.88. The largest absolute Gasteiger partial charge is 0.478 e. The topological polar surface area (TPSA) is 79.5 Å². The number of furan rings is 1. The summed E-state index contributed by atoms with van der Waals surface area (Å²) in [5.74, 6) is -0.627. The highest BCUT2D eigenvalue weighted by molar-refractivity contribution is 9.11. The van der Waals surface area contributed by atoms with Crippen LogP contribution in [0, 0.1) is 6.92 Å². The number of hydrogen-bond acceptors (Lipinski definition) is 3. The van der Waals surface area contributed by atoms with Gasteiger partial charge in [-0.25, -0.2) is 4.79 Å². The Bertz CT molecular complexity index is 709. The highest BCUT2D eigenvalue weighted by Gasteiger charge is 2.15. The third kappa shape index (κ3) is 3.74. The minimum absolute atomic E-state index is 0.0999. The third-order valence-electron chi connectivity index (χ3n) is 2.80. The van der Waals surface area contributed by atoms with Gasteiger partial charge in [-0.1, -0.05) is 15.9 Å². The molecular weight excluding hydrogens is 406 g/mol.